The van der Waals surface area contributed by atoms with Crippen molar-refractivity contribution in [2.75, 3.05) is 19.6 Å². The number of piperidine rings is 1. The fraction of sp³-hybridized carbons (Fsp3) is 1.00. The quantitative estimate of drug-likeness (QED) is 0.835. The number of hydrogen-bond donors (Lipinski definition) is 1. The third kappa shape index (κ3) is 3.95. The van der Waals surface area contributed by atoms with Crippen molar-refractivity contribution in [1.82, 2.24) is 10.2 Å². The lowest BCUT2D eigenvalue weighted by Crippen LogP contribution is -2.52. The molecule has 2 nitrogen and oxygen atoms in total. The van der Waals surface area contributed by atoms with Crippen molar-refractivity contribution >= 4 is 0 Å². The van der Waals surface area contributed by atoms with Crippen LogP contribution in [0.1, 0.15) is 66.2 Å². The van der Waals surface area contributed by atoms with Crippen molar-refractivity contribution in [3.63, 3.8) is 0 Å². The van der Waals surface area contributed by atoms with E-state index in [1.165, 1.54) is 58.2 Å². The van der Waals surface area contributed by atoms with Gasteiger partial charge in [0.15, 0.2) is 0 Å². The standard InChI is InChI=1S/C17H34N2/c1-5-19-12-8-9-15(13-19)14(2)18-16-10-6-7-11-17(16,3)4/h14-16,18H,5-13H2,1-4H3. The van der Waals surface area contributed by atoms with Gasteiger partial charge in [-0.15, -0.1) is 0 Å². The minimum Gasteiger partial charge on any atom is -0.311 e. The molecule has 0 aromatic rings. The first-order chi connectivity index (χ1) is 9.03. The van der Waals surface area contributed by atoms with E-state index in [9.17, 15) is 0 Å². The van der Waals surface area contributed by atoms with E-state index in [1.807, 2.05) is 0 Å². The Kier molecular flexibility index (Phi) is 5.30. The largest absolute Gasteiger partial charge is 0.311 e. The average Bonchev–Trinajstić information content (AvgIpc) is 2.41. The molecule has 0 bridgehead atoms. The van der Waals surface area contributed by atoms with Crippen LogP contribution in [0.3, 0.4) is 0 Å². The number of likely N-dealkylation sites (tertiary alicyclic amines) is 1. The first-order valence-corrected chi connectivity index (χ1v) is 8.51. The van der Waals surface area contributed by atoms with E-state index in [4.69, 9.17) is 0 Å². The van der Waals surface area contributed by atoms with Crippen LogP contribution in [-0.2, 0) is 0 Å². The monoisotopic (exact) mass is 266 g/mol. The maximum atomic E-state index is 4.00. The van der Waals surface area contributed by atoms with Crippen molar-refractivity contribution < 1.29 is 0 Å². The van der Waals surface area contributed by atoms with Crippen LogP contribution in [0.5, 0.6) is 0 Å². The van der Waals surface area contributed by atoms with Gasteiger partial charge in [-0.1, -0.05) is 33.6 Å². The second kappa shape index (κ2) is 6.58. The molecule has 2 rings (SSSR count). The molecule has 0 aromatic heterocycles. The molecular formula is C17H34N2. The van der Waals surface area contributed by atoms with Crippen LogP contribution >= 0.6 is 0 Å². The Balaban J connectivity index is 1.87. The smallest absolute Gasteiger partial charge is 0.0121 e. The lowest BCUT2D eigenvalue weighted by atomic mass is 9.72. The molecular weight excluding hydrogens is 232 g/mol. The zero-order valence-corrected chi connectivity index (χ0v) is 13.5. The van der Waals surface area contributed by atoms with Gasteiger partial charge in [0, 0.05) is 18.6 Å². The fourth-order valence-electron chi connectivity index (χ4n) is 4.04. The van der Waals surface area contributed by atoms with Gasteiger partial charge in [0.25, 0.3) is 0 Å². The maximum Gasteiger partial charge on any atom is 0.0121 e. The molecule has 0 radical (unpaired) electrons. The van der Waals surface area contributed by atoms with Crippen LogP contribution in [0.15, 0.2) is 0 Å². The molecule has 1 saturated carbocycles. The number of nitrogens with zero attached hydrogens (tertiary/aromatic N) is 1. The van der Waals surface area contributed by atoms with Gasteiger partial charge in [-0.3, -0.25) is 0 Å². The van der Waals surface area contributed by atoms with Gasteiger partial charge in [0.2, 0.25) is 0 Å². The van der Waals surface area contributed by atoms with Crippen LogP contribution in [0.4, 0.5) is 0 Å². The van der Waals surface area contributed by atoms with Crippen molar-refractivity contribution in [2.24, 2.45) is 11.3 Å². The summed E-state index contributed by atoms with van der Waals surface area (Å²) in [5.41, 5.74) is 0.492. The molecule has 1 saturated heterocycles. The third-order valence-electron chi connectivity index (χ3n) is 5.67. The summed E-state index contributed by atoms with van der Waals surface area (Å²) >= 11 is 0. The predicted molar refractivity (Wildman–Crippen MR) is 83.5 cm³/mol. The molecule has 1 N–H and O–H groups in total. The second-order valence-electron chi connectivity index (χ2n) is 7.54. The zero-order valence-electron chi connectivity index (χ0n) is 13.5. The van der Waals surface area contributed by atoms with Gasteiger partial charge in [0.05, 0.1) is 0 Å². The minimum absolute atomic E-state index is 0.492. The lowest BCUT2D eigenvalue weighted by molar-refractivity contribution is 0.114. The first-order valence-electron chi connectivity index (χ1n) is 8.51. The van der Waals surface area contributed by atoms with Gasteiger partial charge in [-0.2, -0.15) is 0 Å². The SMILES string of the molecule is CCN1CCCC(C(C)NC2CCCCC2(C)C)C1. The Hall–Kier alpha value is -0.0800. The van der Waals surface area contributed by atoms with Crippen molar-refractivity contribution in [3.05, 3.63) is 0 Å². The molecule has 0 spiro atoms. The van der Waals surface area contributed by atoms with E-state index in [-0.39, 0.29) is 0 Å². The molecule has 1 aliphatic heterocycles. The van der Waals surface area contributed by atoms with Crippen LogP contribution < -0.4 is 5.32 Å². The van der Waals surface area contributed by atoms with Gasteiger partial charge in [-0.25, -0.2) is 0 Å². The highest BCUT2D eigenvalue weighted by Crippen LogP contribution is 2.36. The molecule has 2 aliphatic rings. The molecule has 2 heteroatoms. The molecule has 1 heterocycles. The summed E-state index contributed by atoms with van der Waals surface area (Å²) in [6.45, 7) is 13.5. The molecule has 112 valence electrons. The van der Waals surface area contributed by atoms with Gasteiger partial charge in [-0.05, 0) is 57.0 Å². The summed E-state index contributed by atoms with van der Waals surface area (Å²) in [6, 6.07) is 1.41. The van der Waals surface area contributed by atoms with E-state index in [2.05, 4.69) is 37.9 Å². The van der Waals surface area contributed by atoms with Crippen LogP contribution in [0.2, 0.25) is 0 Å². The molecule has 1 aliphatic carbocycles. The third-order valence-corrected chi connectivity index (χ3v) is 5.67. The lowest BCUT2D eigenvalue weighted by Gasteiger charge is -2.43. The Morgan fingerprint density at radius 2 is 2.00 bits per heavy atom. The van der Waals surface area contributed by atoms with Gasteiger partial charge >= 0.3 is 0 Å². The summed E-state index contributed by atoms with van der Waals surface area (Å²) in [4.78, 5) is 2.62. The summed E-state index contributed by atoms with van der Waals surface area (Å²) in [7, 11) is 0. The first kappa shape index (κ1) is 15.3. The van der Waals surface area contributed by atoms with Crippen LogP contribution in [-0.4, -0.2) is 36.6 Å². The maximum absolute atomic E-state index is 4.00. The van der Waals surface area contributed by atoms with Gasteiger partial charge in [0.1, 0.15) is 0 Å². The number of rotatable bonds is 4. The number of hydrogen-bond acceptors (Lipinski definition) is 2. The molecule has 0 aromatic carbocycles. The van der Waals surface area contributed by atoms with Crippen molar-refractivity contribution in [2.45, 2.75) is 78.3 Å². The highest BCUT2D eigenvalue weighted by Gasteiger charge is 2.34. The number of nitrogens with one attached hydrogen (secondary N) is 1. The highest BCUT2D eigenvalue weighted by molar-refractivity contribution is 4.91. The van der Waals surface area contributed by atoms with Gasteiger partial charge < -0.3 is 10.2 Å². The Labute approximate surface area is 120 Å². The topological polar surface area (TPSA) is 15.3 Å². The zero-order chi connectivity index (χ0) is 13.9. The van der Waals surface area contributed by atoms with Crippen LogP contribution in [0, 0.1) is 11.3 Å². The van der Waals surface area contributed by atoms with E-state index in [0.717, 1.165) is 12.0 Å². The van der Waals surface area contributed by atoms with E-state index in [0.29, 0.717) is 11.5 Å². The van der Waals surface area contributed by atoms with Crippen molar-refractivity contribution in [1.29, 1.82) is 0 Å². The predicted octanol–water partition coefficient (Wildman–Crippen LogP) is 3.67. The fourth-order valence-corrected chi connectivity index (χ4v) is 4.04. The minimum atomic E-state index is 0.492. The molecule has 3 atom stereocenters. The highest BCUT2D eigenvalue weighted by atomic mass is 15.1. The molecule has 19 heavy (non-hydrogen) atoms. The summed E-state index contributed by atoms with van der Waals surface area (Å²) in [5.74, 6) is 0.853. The Morgan fingerprint density at radius 3 is 2.68 bits per heavy atom. The van der Waals surface area contributed by atoms with E-state index in [1.54, 1.807) is 0 Å². The second-order valence-corrected chi connectivity index (χ2v) is 7.54. The molecule has 0 amide bonds. The molecule has 2 fully saturated rings. The summed E-state index contributed by atoms with van der Waals surface area (Å²) in [6.07, 6.45) is 8.41. The Bertz CT molecular complexity index is 274. The summed E-state index contributed by atoms with van der Waals surface area (Å²) in [5, 5.41) is 4.00. The van der Waals surface area contributed by atoms with E-state index >= 15 is 0 Å². The van der Waals surface area contributed by atoms with Crippen LogP contribution in [0.25, 0.3) is 0 Å². The van der Waals surface area contributed by atoms with Crippen molar-refractivity contribution in [3.8, 4) is 0 Å². The summed E-state index contributed by atoms with van der Waals surface area (Å²) < 4.78 is 0. The normalized spacial score (nSPS) is 34.1. The Morgan fingerprint density at radius 1 is 1.21 bits per heavy atom. The average molecular weight is 266 g/mol. The molecule has 3 unspecified atom stereocenters. The van der Waals surface area contributed by atoms with E-state index < -0.39 is 0 Å².